The van der Waals surface area contributed by atoms with Gasteiger partial charge in [-0.3, -0.25) is 14.9 Å². The van der Waals surface area contributed by atoms with Gasteiger partial charge < -0.3 is 9.47 Å². The third-order valence-electron chi connectivity index (χ3n) is 4.49. The van der Waals surface area contributed by atoms with E-state index < -0.39 is 17.8 Å². The second-order valence-electron chi connectivity index (χ2n) is 6.48. The van der Waals surface area contributed by atoms with E-state index in [0.717, 1.165) is 4.90 Å². The van der Waals surface area contributed by atoms with Gasteiger partial charge in [0.05, 0.1) is 17.8 Å². The van der Waals surface area contributed by atoms with Crippen molar-refractivity contribution in [2.24, 2.45) is 0 Å². The number of rotatable bonds is 6. The third-order valence-corrected chi connectivity index (χ3v) is 5.18. The Morgan fingerprint density at radius 3 is 2.58 bits per heavy atom. The summed E-state index contributed by atoms with van der Waals surface area (Å²) in [4.78, 5) is 38.8. The minimum Gasteiger partial charge on any atom is -0.493 e. The number of hydrogen-bond acceptors (Lipinski definition) is 5. The zero-order chi connectivity index (χ0) is 22.7. The van der Waals surface area contributed by atoms with Crippen LogP contribution in [-0.2, 0) is 9.59 Å². The molecule has 0 bridgehead atoms. The van der Waals surface area contributed by atoms with E-state index in [9.17, 15) is 14.4 Å². The van der Waals surface area contributed by atoms with Gasteiger partial charge in [-0.15, -0.1) is 0 Å². The Bertz CT molecular complexity index is 1130. The highest BCUT2D eigenvalue weighted by Crippen LogP contribution is 2.37. The van der Waals surface area contributed by atoms with Crippen molar-refractivity contribution < 1.29 is 23.9 Å². The number of methoxy groups -OCH3 is 1. The number of amides is 4. The van der Waals surface area contributed by atoms with Gasteiger partial charge in [0.25, 0.3) is 11.8 Å². The molecule has 0 aliphatic carbocycles. The van der Waals surface area contributed by atoms with E-state index in [0.29, 0.717) is 27.6 Å². The maximum Gasteiger partial charge on any atom is 0.335 e. The van der Waals surface area contributed by atoms with Crippen LogP contribution in [0.15, 0.2) is 48.6 Å². The molecule has 0 radical (unpaired) electrons. The maximum atomic E-state index is 13.1. The number of carbonyl (C=O) groups is 3. The smallest absolute Gasteiger partial charge is 0.335 e. The second kappa shape index (κ2) is 9.24. The summed E-state index contributed by atoms with van der Waals surface area (Å²) in [6.45, 7) is 5.47. The van der Waals surface area contributed by atoms with Crippen LogP contribution in [0.5, 0.6) is 11.5 Å². The van der Waals surface area contributed by atoms with Crippen LogP contribution in [0.2, 0.25) is 10.0 Å². The number of ether oxygens (including phenoxy) is 2. The summed E-state index contributed by atoms with van der Waals surface area (Å²) in [5.41, 5.74) is 0.951. The number of halogens is 2. The van der Waals surface area contributed by atoms with E-state index in [-0.39, 0.29) is 22.9 Å². The number of nitrogens with zero attached hydrogens (tertiary/aromatic N) is 1. The highest BCUT2D eigenvalue weighted by atomic mass is 35.5. The number of nitrogens with one attached hydrogen (secondary N) is 1. The minimum absolute atomic E-state index is 0.216. The predicted octanol–water partition coefficient (Wildman–Crippen LogP) is 4.54. The molecule has 0 unspecified atom stereocenters. The van der Waals surface area contributed by atoms with E-state index >= 15 is 0 Å². The normalized spacial score (nSPS) is 15.2. The molecule has 1 saturated heterocycles. The van der Waals surface area contributed by atoms with Gasteiger partial charge in [0.2, 0.25) is 0 Å². The lowest BCUT2D eigenvalue weighted by Gasteiger charge is -2.27. The van der Waals surface area contributed by atoms with Crippen molar-refractivity contribution in [3.05, 3.63) is 69.7 Å². The molecule has 3 rings (SSSR count). The molecule has 0 saturated carbocycles. The van der Waals surface area contributed by atoms with Gasteiger partial charge in [-0.25, -0.2) is 9.69 Å². The molecule has 2 aromatic rings. The van der Waals surface area contributed by atoms with E-state index in [4.69, 9.17) is 32.7 Å². The summed E-state index contributed by atoms with van der Waals surface area (Å²) < 4.78 is 10.8. The predicted molar refractivity (Wildman–Crippen MR) is 119 cm³/mol. The molecule has 9 heteroatoms. The van der Waals surface area contributed by atoms with Crippen LogP contribution in [-0.4, -0.2) is 31.6 Å². The summed E-state index contributed by atoms with van der Waals surface area (Å²) in [6, 6.07) is 7.03. The first-order valence-corrected chi connectivity index (χ1v) is 9.81. The second-order valence-corrected chi connectivity index (χ2v) is 7.29. The number of imide groups is 2. The van der Waals surface area contributed by atoms with Gasteiger partial charge in [-0.1, -0.05) is 41.9 Å². The molecule has 1 aliphatic rings. The average molecular weight is 461 g/mol. The Hall–Kier alpha value is -3.29. The summed E-state index contributed by atoms with van der Waals surface area (Å²) in [5.74, 6) is -1.00. The highest BCUT2D eigenvalue weighted by molar-refractivity contribution is 6.40. The van der Waals surface area contributed by atoms with Crippen LogP contribution in [0.25, 0.3) is 6.08 Å². The molecule has 1 aliphatic heterocycles. The van der Waals surface area contributed by atoms with E-state index in [1.54, 1.807) is 37.3 Å². The lowest BCUT2D eigenvalue weighted by Crippen LogP contribution is -2.54. The first-order chi connectivity index (χ1) is 14.8. The fourth-order valence-corrected chi connectivity index (χ4v) is 3.43. The molecule has 1 N–H and O–H groups in total. The van der Waals surface area contributed by atoms with Crippen molar-refractivity contribution in [1.82, 2.24) is 5.32 Å². The van der Waals surface area contributed by atoms with E-state index in [1.165, 1.54) is 19.3 Å². The Morgan fingerprint density at radius 1 is 1.16 bits per heavy atom. The topological polar surface area (TPSA) is 84.9 Å². The van der Waals surface area contributed by atoms with Gasteiger partial charge in [0.15, 0.2) is 11.5 Å². The zero-order valence-electron chi connectivity index (χ0n) is 16.7. The highest BCUT2D eigenvalue weighted by Gasteiger charge is 2.37. The molecule has 0 spiro atoms. The van der Waals surface area contributed by atoms with E-state index in [1.807, 2.05) is 0 Å². The number of anilines is 1. The van der Waals surface area contributed by atoms with Crippen LogP contribution in [0, 0.1) is 6.92 Å². The lowest BCUT2D eigenvalue weighted by atomic mass is 10.1. The molecular formula is C22H18Cl2N2O5. The van der Waals surface area contributed by atoms with Crippen LogP contribution >= 0.6 is 23.2 Å². The molecule has 31 heavy (non-hydrogen) atoms. The Balaban J connectivity index is 2.05. The van der Waals surface area contributed by atoms with Crippen molar-refractivity contribution in [1.29, 1.82) is 0 Å². The molecule has 0 aromatic heterocycles. The van der Waals surface area contributed by atoms with Gasteiger partial charge in [-0.05, 0) is 48.4 Å². The van der Waals surface area contributed by atoms with Crippen molar-refractivity contribution in [3.8, 4) is 11.5 Å². The number of urea groups is 1. The average Bonchev–Trinajstić information content (AvgIpc) is 2.73. The molecular weight excluding hydrogens is 443 g/mol. The summed E-state index contributed by atoms with van der Waals surface area (Å²) in [5, 5.41) is 2.77. The Kier molecular flexibility index (Phi) is 6.68. The maximum absolute atomic E-state index is 13.1. The largest absolute Gasteiger partial charge is 0.493 e. The Morgan fingerprint density at radius 2 is 1.90 bits per heavy atom. The molecule has 2 aromatic carbocycles. The summed E-state index contributed by atoms with van der Waals surface area (Å²) in [7, 11) is 1.43. The fraction of sp³-hybridized carbons (Fsp3) is 0.136. The van der Waals surface area contributed by atoms with Gasteiger partial charge in [-0.2, -0.15) is 0 Å². The van der Waals surface area contributed by atoms with Gasteiger partial charge in [0.1, 0.15) is 12.2 Å². The lowest BCUT2D eigenvalue weighted by molar-refractivity contribution is -0.122. The summed E-state index contributed by atoms with van der Waals surface area (Å²) >= 11 is 12.4. The molecule has 160 valence electrons. The SMILES string of the molecule is C=CCOc1c(Cl)cc(/C=C2\C(=O)NC(=O)N(c3cccc(Cl)c3C)C2=O)cc1OC. The van der Waals surface area contributed by atoms with Crippen molar-refractivity contribution >= 4 is 52.8 Å². The number of barbiturate groups is 1. The first-order valence-electron chi connectivity index (χ1n) is 9.06. The van der Waals surface area contributed by atoms with E-state index in [2.05, 4.69) is 11.9 Å². The van der Waals surface area contributed by atoms with Crippen LogP contribution < -0.4 is 19.7 Å². The number of benzene rings is 2. The number of carbonyl (C=O) groups excluding carboxylic acids is 3. The monoisotopic (exact) mass is 460 g/mol. The van der Waals surface area contributed by atoms with Crippen LogP contribution in [0.4, 0.5) is 10.5 Å². The standard InChI is InChI=1S/C22H18Cl2N2O5/c1-4-8-31-19-16(24)10-13(11-18(19)30-3)9-14-20(27)25-22(29)26(21(14)28)17-7-5-6-15(23)12(17)2/h4-7,9-11H,1,8H2,2-3H3,(H,25,27,29)/b14-9+. The molecule has 4 amide bonds. The molecule has 0 atom stereocenters. The van der Waals surface area contributed by atoms with Crippen LogP contribution in [0.3, 0.4) is 0 Å². The van der Waals surface area contributed by atoms with Crippen molar-refractivity contribution in [2.75, 3.05) is 18.6 Å². The molecule has 1 fully saturated rings. The first kappa shape index (κ1) is 22.4. The van der Waals surface area contributed by atoms with Crippen LogP contribution in [0.1, 0.15) is 11.1 Å². The molecule has 7 nitrogen and oxygen atoms in total. The molecule has 1 heterocycles. The van der Waals surface area contributed by atoms with Gasteiger partial charge >= 0.3 is 6.03 Å². The zero-order valence-corrected chi connectivity index (χ0v) is 18.2. The fourth-order valence-electron chi connectivity index (χ4n) is 2.99. The third kappa shape index (κ3) is 4.42. The van der Waals surface area contributed by atoms with Crippen molar-refractivity contribution in [3.63, 3.8) is 0 Å². The quantitative estimate of drug-likeness (QED) is 0.388. The summed E-state index contributed by atoms with van der Waals surface area (Å²) in [6.07, 6.45) is 2.88. The minimum atomic E-state index is -0.860. The Labute approximate surface area is 188 Å². The van der Waals surface area contributed by atoms with Gasteiger partial charge in [0, 0.05) is 5.02 Å². The van der Waals surface area contributed by atoms with Crippen molar-refractivity contribution in [2.45, 2.75) is 6.92 Å². The number of hydrogen-bond donors (Lipinski definition) is 1.